The average Bonchev–Trinajstić information content (AvgIpc) is 3.38. The van der Waals surface area contributed by atoms with Crippen LogP contribution in [0.1, 0.15) is 25.1 Å². The van der Waals surface area contributed by atoms with Crippen LogP contribution in [0.3, 0.4) is 0 Å². The number of alkyl halides is 4. The van der Waals surface area contributed by atoms with Gasteiger partial charge in [-0.1, -0.05) is 52.6 Å². The number of carbonyl (C=O) groups is 2. The molecule has 0 unspecified atom stereocenters. The molecule has 17 heteroatoms. The molecule has 0 bridgehead atoms. The molecule has 2 N–H and O–H groups in total. The number of carbonyl (C=O) groups excluding carboxylic acids is 1. The minimum Gasteiger partial charge on any atom is -0.741 e. The van der Waals surface area contributed by atoms with E-state index in [-0.39, 0.29) is 23.6 Å². The first kappa shape index (κ1) is 30.1. The number of carboxylic acid groups (broad SMARTS) is 1. The number of β-lactam (4-membered cyclic amide) rings is 1. The number of aryl methyl sites for hydroxylation is 1. The maximum Gasteiger partial charge on any atom is 0.485 e. The number of rotatable bonds is 7. The van der Waals surface area contributed by atoms with Gasteiger partial charge in [-0.2, -0.15) is 17.6 Å². The molecular formula is C20H23F3IN3O7S3. The second kappa shape index (κ2) is 11.0. The van der Waals surface area contributed by atoms with Crippen molar-refractivity contribution in [2.45, 2.75) is 49.5 Å². The van der Waals surface area contributed by atoms with E-state index in [0.717, 1.165) is 32.1 Å². The van der Waals surface area contributed by atoms with Crippen LogP contribution in [-0.2, 0) is 26.3 Å². The zero-order valence-corrected chi connectivity index (χ0v) is 24.2. The number of hydrogen-bond donors (Lipinski definition) is 2. The Kier molecular flexibility index (Phi) is 8.95. The number of aromatic nitrogens is 2. The van der Waals surface area contributed by atoms with E-state index in [1.165, 1.54) is 4.90 Å². The smallest absolute Gasteiger partial charge is 0.485 e. The van der Waals surface area contributed by atoms with Gasteiger partial charge in [0.25, 0.3) is 6.33 Å². The van der Waals surface area contributed by atoms with Crippen molar-refractivity contribution >= 4 is 78.1 Å². The Bertz CT molecular complexity index is 1350. The molecule has 10 nitrogen and oxygen atoms in total. The van der Waals surface area contributed by atoms with Crippen LogP contribution in [-0.4, -0.2) is 72.7 Å². The van der Waals surface area contributed by atoms with Crippen molar-refractivity contribution in [3.63, 3.8) is 0 Å². The molecule has 206 valence electrons. The Morgan fingerprint density at radius 2 is 2.00 bits per heavy atom. The maximum atomic E-state index is 12.5. The standard InChI is InChI=1S/C19H22IN3O4S2.CHF3O3S/c1-9-12(15(19(26)27)23-14(9)13(10(2)24)16(23)25)11-7-22-8-21(6-4-5-20)17(28-3)18(22)29-11;2-1(3,4)8(5,6)7/h7-10,13-14,24H,4-6H2,1-3H3;(H,5,6,7)/t9-,10+,13+,14+;/m0./s1. The highest BCUT2D eigenvalue weighted by Crippen LogP contribution is 2.51. The molecule has 4 rings (SSSR count). The number of aliphatic hydroxyl groups excluding tert-OH is 1. The molecule has 0 saturated carbocycles. The van der Waals surface area contributed by atoms with Gasteiger partial charge in [0.05, 0.1) is 29.5 Å². The number of aliphatic hydroxyl groups is 1. The fourth-order valence-electron chi connectivity index (χ4n) is 4.55. The lowest BCUT2D eigenvalue weighted by Gasteiger charge is -2.46. The van der Waals surface area contributed by atoms with Gasteiger partial charge in [-0.25, -0.2) is 17.8 Å². The zero-order chi connectivity index (χ0) is 28.0. The summed E-state index contributed by atoms with van der Waals surface area (Å²) in [5.74, 6) is -2.08. The van der Waals surface area contributed by atoms with Crippen LogP contribution in [0.5, 0.6) is 0 Å². The number of aliphatic carboxylic acids is 1. The highest BCUT2D eigenvalue weighted by atomic mass is 127. The van der Waals surface area contributed by atoms with E-state index in [2.05, 4.69) is 37.9 Å². The van der Waals surface area contributed by atoms with Gasteiger partial charge in [0.2, 0.25) is 15.8 Å². The first-order chi connectivity index (χ1) is 17.1. The van der Waals surface area contributed by atoms with Gasteiger partial charge in [-0.05, 0) is 19.6 Å². The number of imidazole rings is 1. The third-order valence-corrected chi connectivity index (χ3v) is 9.47. The minimum absolute atomic E-state index is 0.0670. The van der Waals surface area contributed by atoms with Gasteiger partial charge < -0.3 is 19.7 Å². The van der Waals surface area contributed by atoms with Crippen molar-refractivity contribution in [1.82, 2.24) is 9.30 Å². The van der Waals surface area contributed by atoms with E-state index in [1.807, 2.05) is 19.4 Å². The fourth-order valence-corrected chi connectivity index (χ4v) is 7.09. The summed E-state index contributed by atoms with van der Waals surface area (Å²) < 4.78 is 64.3. The molecule has 1 saturated heterocycles. The number of hydrogen-bond acceptors (Lipinski definition) is 8. The molecule has 37 heavy (non-hydrogen) atoms. The van der Waals surface area contributed by atoms with Crippen molar-refractivity contribution in [2.24, 2.45) is 11.8 Å². The number of thiazole rings is 1. The van der Waals surface area contributed by atoms with Gasteiger partial charge in [0, 0.05) is 15.9 Å². The average molecular weight is 698 g/mol. The highest BCUT2D eigenvalue weighted by molar-refractivity contribution is 14.1. The summed E-state index contributed by atoms with van der Waals surface area (Å²) >= 11 is 5.63. The molecule has 0 aromatic carbocycles. The van der Waals surface area contributed by atoms with Gasteiger partial charge in [0.15, 0.2) is 10.1 Å². The Labute approximate surface area is 232 Å². The van der Waals surface area contributed by atoms with Crippen LogP contribution in [0.2, 0.25) is 0 Å². The largest absolute Gasteiger partial charge is 0.741 e. The highest BCUT2D eigenvalue weighted by Gasteiger charge is 2.60. The van der Waals surface area contributed by atoms with Crippen molar-refractivity contribution in [1.29, 1.82) is 0 Å². The predicted molar refractivity (Wildman–Crippen MR) is 136 cm³/mol. The van der Waals surface area contributed by atoms with Crippen LogP contribution < -0.4 is 4.57 Å². The third-order valence-electron chi connectivity index (χ3n) is 6.05. The number of carboxylic acids is 1. The van der Waals surface area contributed by atoms with Gasteiger partial charge >= 0.3 is 11.5 Å². The summed E-state index contributed by atoms with van der Waals surface area (Å²) in [6.45, 7) is 4.50. The Balaban J connectivity index is 0.000000414. The molecule has 0 radical (unpaired) electrons. The van der Waals surface area contributed by atoms with E-state index < -0.39 is 33.6 Å². The van der Waals surface area contributed by atoms with Gasteiger partial charge in [-0.15, -0.1) is 0 Å². The van der Waals surface area contributed by atoms with Crippen LogP contribution in [0.25, 0.3) is 10.4 Å². The number of fused-ring (bicyclic) bond motifs is 2. The predicted octanol–water partition coefficient (Wildman–Crippen LogP) is 2.54. The van der Waals surface area contributed by atoms with Gasteiger partial charge in [0.1, 0.15) is 11.9 Å². The van der Waals surface area contributed by atoms with Crippen molar-refractivity contribution in [3.05, 3.63) is 23.1 Å². The van der Waals surface area contributed by atoms with E-state index in [4.69, 9.17) is 13.0 Å². The number of thioether (sulfide) groups is 1. The second-order valence-electron chi connectivity index (χ2n) is 8.39. The van der Waals surface area contributed by atoms with E-state index in [0.29, 0.717) is 5.57 Å². The Morgan fingerprint density at radius 1 is 1.41 bits per heavy atom. The van der Waals surface area contributed by atoms with Crippen molar-refractivity contribution in [2.75, 3.05) is 10.7 Å². The lowest BCUT2D eigenvalue weighted by Crippen LogP contribution is -2.63. The Hall–Kier alpha value is -1.41. The lowest BCUT2D eigenvalue weighted by atomic mass is 9.77. The van der Waals surface area contributed by atoms with Crippen molar-refractivity contribution in [3.8, 4) is 0 Å². The topological polar surface area (TPSA) is 143 Å². The first-order valence-corrected chi connectivity index (χ1v) is 15.7. The van der Waals surface area contributed by atoms with Crippen molar-refractivity contribution < 1.29 is 50.5 Å². The molecule has 0 spiro atoms. The summed E-state index contributed by atoms with van der Waals surface area (Å²) in [6, 6.07) is -0.293. The number of nitrogens with zero attached hydrogens (tertiary/aromatic N) is 3. The molecule has 2 aliphatic rings. The molecule has 1 amide bonds. The maximum absolute atomic E-state index is 12.5. The molecule has 2 aromatic rings. The Morgan fingerprint density at radius 3 is 2.46 bits per heavy atom. The molecule has 4 heterocycles. The molecule has 2 aliphatic heterocycles. The van der Waals surface area contributed by atoms with E-state index in [9.17, 15) is 33.0 Å². The summed E-state index contributed by atoms with van der Waals surface area (Å²) in [5, 5.41) is 21.1. The molecule has 4 atom stereocenters. The molecule has 2 aromatic heterocycles. The quantitative estimate of drug-likeness (QED) is 0.0856. The third kappa shape index (κ3) is 5.52. The second-order valence-corrected chi connectivity index (χ2v) is 12.7. The summed E-state index contributed by atoms with van der Waals surface area (Å²) in [6.07, 6.45) is 6.39. The summed E-state index contributed by atoms with van der Waals surface area (Å²) in [5.41, 5.74) is -4.89. The van der Waals surface area contributed by atoms with Gasteiger partial charge in [-0.3, -0.25) is 4.79 Å². The molecule has 0 aliphatic carbocycles. The lowest BCUT2D eigenvalue weighted by molar-refractivity contribution is -0.729. The normalized spacial score (nSPS) is 22.6. The fraction of sp³-hybridized carbons (Fsp3) is 0.550. The zero-order valence-electron chi connectivity index (χ0n) is 19.6. The molecular weight excluding hydrogens is 674 g/mol. The number of amides is 1. The van der Waals surface area contributed by atoms with Crippen LogP contribution in [0.4, 0.5) is 13.2 Å². The summed E-state index contributed by atoms with van der Waals surface area (Å²) in [4.78, 5) is 27.9. The summed E-state index contributed by atoms with van der Waals surface area (Å²) in [7, 11) is -6.09. The van der Waals surface area contributed by atoms with Crippen LogP contribution in [0.15, 0.2) is 23.2 Å². The number of halogens is 4. The van der Waals surface area contributed by atoms with E-state index >= 15 is 0 Å². The van der Waals surface area contributed by atoms with Crippen LogP contribution >= 0.6 is 45.7 Å². The SMILES string of the molecule is CSc1c2sc(C3=C(C(=O)O)N4C(=O)[C@H]([C@@H](C)O)[C@H]4[C@H]3C)cn2c[n+]1CCCI.O=S(=O)([O-])C(F)(F)F. The first-order valence-electron chi connectivity index (χ1n) is 10.7. The molecule has 1 fully saturated rings. The van der Waals surface area contributed by atoms with Crippen LogP contribution in [0, 0.1) is 11.8 Å². The van der Waals surface area contributed by atoms with E-state index in [1.54, 1.807) is 30.0 Å². The monoisotopic (exact) mass is 697 g/mol. The minimum atomic E-state index is -6.09.